The van der Waals surface area contributed by atoms with Crippen LogP contribution < -0.4 is 14.2 Å². The van der Waals surface area contributed by atoms with Crippen LogP contribution in [-0.4, -0.2) is 48.3 Å². The van der Waals surface area contributed by atoms with Crippen molar-refractivity contribution in [2.75, 3.05) is 27.4 Å². The summed E-state index contributed by atoms with van der Waals surface area (Å²) in [6, 6.07) is 11.4. The number of ether oxygens (including phenoxy) is 3. The highest BCUT2D eigenvalue weighted by Crippen LogP contribution is 2.37. The molecule has 9 nitrogen and oxygen atoms in total. The molecule has 0 radical (unpaired) electrons. The van der Waals surface area contributed by atoms with Crippen LogP contribution in [0.2, 0.25) is 0 Å². The van der Waals surface area contributed by atoms with E-state index < -0.39 is 16.1 Å². The van der Waals surface area contributed by atoms with Gasteiger partial charge >= 0.3 is 5.69 Å². The number of carbonyl (C=O) groups is 2. The Kier molecular flexibility index (Phi) is 6.58. The van der Waals surface area contributed by atoms with Gasteiger partial charge in [-0.3, -0.25) is 24.6 Å². The quantitative estimate of drug-likeness (QED) is 0.354. The van der Waals surface area contributed by atoms with Crippen molar-refractivity contribution in [2.24, 2.45) is 0 Å². The predicted octanol–water partition coefficient (Wildman–Crippen LogP) is 3.73. The lowest BCUT2D eigenvalue weighted by Crippen LogP contribution is -2.32. The number of methoxy groups -OCH3 is 2. The second-order valence-corrected chi connectivity index (χ2v) is 6.98. The van der Waals surface area contributed by atoms with E-state index in [1.54, 1.807) is 30.3 Å². The maximum Gasteiger partial charge on any atom is 0.311 e. The van der Waals surface area contributed by atoms with Gasteiger partial charge in [-0.1, -0.05) is 24.3 Å². The molecule has 0 atom stereocenters. The summed E-state index contributed by atoms with van der Waals surface area (Å²) in [6.45, 7) is 0.137. The molecule has 10 heteroatoms. The predicted molar refractivity (Wildman–Crippen MR) is 111 cm³/mol. The number of rotatable bonds is 8. The van der Waals surface area contributed by atoms with Crippen molar-refractivity contribution in [3.05, 3.63) is 63.0 Å². The van der Waals surface area contributed by atoms with Gasteiger partial charge in [0.05, 0.1) is 30.6 Å². The molecular weight excluding hydrogens is 412 g/mol. The molecule has 2 amide bonds. The van der Waals surface area contributed by atoms with Crippen molar-refractivity contribution in [3.8, 4) is 17.2 Å². The number of hydrogen-bond acceptors (Lipinski definition) is 8. The topological polar surface area (TPSA) is 108 Å². The fourth-order valence-corrected chi connectivity index (χ4v) is 3.70. The van der Waals surface area contributed by atoms with Crippen LogP contribution in [0.3, 0.4) is 0 Å². The van der Waals surface area contributed by atoms with Gasteiger partial charge in [-0.05, 0) is 30.0 Å². The first-order valence-electron chi connectivity index (χ1n) is 8.78. The van der Waals surface area contributed by atoms with Crippen LogP contribution in [-0.2, 0) is 4.79 Å². The molecule has 1 heterocycles. The average molecular weight is 430 g/mol. The summed E-state index contributed by atoms with van der Waals surface area (Å²) in [5.41, 5.74) is 0.109. The molecular formula is C20H18N2O7S. The third-order valence-electron chi connectivity index (χ3n) is 4.23. The lowest BCUT2D eigenvalue weighted by molar-refractivity contribution is -0.385. The fraction of sp³-hybridized carbons (Fsp3) is 0.200. The van der Waals surface area contributed by atoms with E-state index in [9.17, 15) is 19.7 Å². The average Bonchev–Trinajstić information content (AvgIpc) is 3.01. The molecule has 0 bridgehead atoms. The third-order valence-corrected chi connectivity index (χ3v) is 5.13. The molecule has 2 aromatic rings. The summed E-state index contributed by atoms with van der Waals surface area (Å²) in [7, 11) is 2.83. The molecule has 0 aliphatic carbocycles. The molecule has 0 spiro atoms. The van der Waals surface area contributed by atoms with Gasteiger partial charge in [-0.2, -0.15) is 0 Å². The Morgan fingerprint density at radius 1 is 1.07 bits per heavy atom. The second-order valence-electron chi connectivity index (χ2n) is 5.99. The molecule has 30 heavy (non-hydrogen) atoms. The zero-order chi connectivity index (χ0) is 21.7. The standard InChI is InChI=1S/C20H18N2O7S/c1-27-15-8-3-4-9-16(15)29-11-10-21-19(23)17(30-20(21)24)12-13-6-5-7-14(22(25)26)18(13)28-2/h3-9,12H,10-11H2,1-2H3/b17-12-. The zero-order valence-electron chi connectivity index (χ0n) is 16.2. The SMILES string of the molecule is COc1ccccc1OCCN1C(=O)S/C(=C\c2cccc([N+](=O)[O-])c2OC)C1=O. The Morgan fingerprint density at radius 2 is 1.80 bits per heavy atom. The number of imide groups is 1. The van der Waals surface area contributed by atoms with Crippen molar-refractivity contribution < 1.29 is 28.7 Å². The Morgan fingerprint density at radius 3 is 2.47 bits per heavy atom. The zero-order valence-corrected chi connectivity index (χ0v) is 17.0. The van der Waals surface area contributed by atoms with Crippen LogP contribution in [0.5, 0.6) is 17.2 Å². The van der Waals surface area contributed by atoms with Crippen LogP contribution in [0.4, 0.5) is 10.5 Å². The van der Waals surface area contributed by atoms with Crippen LogP contribution in [0.15, 0.2) is 47.4 Å². The molecule has 1 aliphatic heterocycles. The van der Waals surface area contributed by atoms with Gasteiger partial charge in [0.25, 0.3) is 11.1 Å². The summed E-state index contributed by atoms with van der Waals surface area (Å²) in [6.07, 6.45) is 1.41. The highest BCUT2D eigenvalue weighted by Gasteiger charge is 2.35. The van der Waals surface area contributed by atoms with Gasteiger partial charge < -0.3 is 14.2 Å². The third kappa shape index (κ3) is 4.38. The first kappa shape index (κ1) is 21.2. The lowest BCUT2D eigenvalue weighted by atomic mass is 10.1. The molecule has 0 N–H and O–H groups in total. The molecule has 0 aromatic heterocycles. The molecule has 1 fully saturated rings. The van der Waals surface area contributed by atoms with Crippen molar-refractivity contribution in [2.45, 2.75) is 0 Å². The van der Waals surface area contributed by atoms with Gasteiger partial charge in [-0.25, -0.2) is 0 Å². The number of carbonyl (C=O) groups excluding carboxylic acids is 2. The van der Waals surface area contributed by atoms with Gasteiger partial charge in [-0.15, -0.1) is 0 Å². The molecule has 1 aliphatic rings. The van der Waals surface area contributed by atoms with E-state index in [4.69, 9.17) is 14.2 Å². The van der Waals surface area contributed by atoms with E-state index >= 15 is 0 Å². The first-order valence-corrected chi connectivity index (χ1v) is 9.60. The molecule has 156 valence electrons. The molecule has 0 unspecified atom stereocenters. The smallest absolute Gasteiger partial charge is 0.311 e. The van der Waals surface area contributed by atoms with Gasteiger partial charge in [0.1, 0.15) is 6.61 Å². The summed E-state index contributed by atoms with van der Waals surface area (Å²) >= 11 is 0.757. The largest absolute Gasteiger partial charge is 0.493 e. The van der Waals surface area contributed by atoms with Crippen molar-refractivity contribution in [3.63, 3.8) is 0 Å². The number of hydrogen-bond donors (Lipinski definition) is 0. The Balaban J connectivity index is 1.73. The molecule has 3 rings (SSSR count). The molecule has 0 saturated carbocycles. The van der Waals surface area contributed by atoms with E-state index in [0.717, 1.165) is 16.7 Å². The molecule has 1 saturated heterocycles. The van der Waals surface area contributed by atoms with Gasteiger partial charge in [0.15, 0.2) is 11.5 Å². The number of nitrogens with zero attached hydrogens (tertiary/aromatic N) is 2. The van der Waals surface area contributed by atoms with E-state index in [2.05, 4.69) is 0 Å². The maximum absolute atomic E-state index is 12.7. The Hall–Kier alpha value is -3.53. The Labute approximate surface area is 176 Å². The van der Waals surface area contributed by atoms with E-state index in [0.29, 0.717) is 17.1 Å². The minimum Gasteiger partial charge on any atom is -0.493 e. The minimum atomic E-state index is -0.572. The van der Waals surface area contributed by atoms with Crippen molar-refractivity contribution >= 4 is 34.7 Å². The normalized spacial score (nSPS) is 14.9. The number of para-hydroxylation sites is 3. The van der Waals surface area contributed by atoms with Crippen LogP contribution >= 0.6 is 11.8 Å². The van der Waals surface area contributed by atoms with Crippen LogP contribution in [0, 0.1) is 10.1 Å². The second kappa shape index (κ2) is 9.31. The van der Waals surface area contributed by atoms with Crippen molar-refractivity contribution in [1.29, 1.82) is 0 Å². The van der Waals surface area contributed by atoms with Crippen LogP contribution in [0.1, 0.15) is 5.56 Å². The first-order chi connectivity index (χ1) is 14.5. The summed E-state index contributed by atoms with van der Waals surface area (Å²) in [5, 5.41) is 10.7. The van der Waals surface area contributed by atoms with Crippen molar-refractivity contribution in [1.82, 2.24) is 4.90 Å². The van der Waals surface area contributed by atoms with E-state index in [-0.39, 0.29) is 29.5 Å². The fourth-order valence-electron chi connectivity index (χ4n) is 2.84. The Bertz CT molecular complexity index is 1020. The maximum atomic E-state index is 12.7. The number of thioether (sulfide) groups is 1. The van der Waals surface area contributed by atoms with Crippen LogP contribution in [0.25, 0.3) is 6.08 Å². The van der Waals surface area contributed by atoms with E-state index in [1.165, 1.54) is 32.4 Å². The van der Waals surface area contributed by atoms with E-state index in [1.807, 2.05) is 0 Å². The monoisotopic (exact) mass is 430 g/mol. The minimum absolute atomic E-state index is 0.0220. The number of amides is 2. The summed E-state index contributed by atoms with van der Waals surface area (Å²) in [5.74, 6) is 0.573. The highest BCUT2D eigenvalue weighted by atomic mass is 32.2. The highest BCUT2D eigenvalue weighted by molar-refractivity contribution is 8.18. The summed E-state index contributed by atoms with van der Waals surface area (Å²) in [4.78, 5) is 36.8. The summed E-state index contributed by atoms with van der Waals surface area (Å²) < 4.78 is 16.0. The number of nitro benzene ring substituents is 1. The van der Waals surface area contributed by atoms with Gasteiger partial charge in [0, 0.05) is 11.6 Å². The lowest BCUT2D eigenvalue weighted by Gasteiger charge is -2.14. The number of benzene rings is 2. The van der Waals surface area contributed by atoms with Gasteiger partial charge in [0.2, 0.25) is 5.75 Å². The molecule has 2 aromatic carbocycles. The number of nitro groups is 1.